The molecule has 2 N–H and O–H groups in total. The first-order chi connectivity index (χ1) is 8.22. The molecule has 18 heavy (non-hydrogen) atoms. The van der Waals surface area contributed by atoms with Crippen molar-refractivity contribution in [2.75, 3.05) is 32.8 Å². The smallest absolute Gasteiger partial charge is 0.251 e. The molecule has 1 amide bonds. The second-order valence-corrected chi connectivity index (χ2v) is 4.17. The molecular weight excluding hydrogens is 256 g/mol. The van der Waals surface area contributed by atoms with E-state index < -0.39 is 0 Å². The minimum absolute atomic E-state index is 0. The van der Waals surface area contributed by atoms with Gasteiger partial charge in [-0.25, -0.2) is 0 Å². The Morgan fingerprint density at radius 1 is 1.44 bits per heavy atom. The van der Waals surface area contributed by atoms with Gasteiger partial charge >= 0.3 is 0 Å². The maximum Gasteiger partial charge on any atom is 0.251 e. The third-order valence-corrected chi connectivity index (χ3v) is 3.05. The van der Waals surface area contributed by atoms with Gasteiger partial charge in [-0.05, 0) is 26.7 Å². The van der Waals surface area contributed by atoms with Crippen molar-refractivity contribution in [2.24, 2.45) is 5.73 Å². The van der Waals surface area contributed by atoms with Crippen LogP contribution in [0.15, 0.2) is 0 Å². The van der Waals surface area contributed by atoms with Crippen LogP contribution in [0, 0.1) is 0 Å². The highest BCUT2D eigenvalue weighted by molar-refractivity contribution is 5.85. The number of halogens is 1. The molecule has 0 bridgehead atoms. The van der Waals surface area contributed by atoms with Crippen molar-refractivity contribution in [3.8, 4) is 0 Å². The van der Waals surface area contributed by atoms with Gasteiger partial charge in [-0.3, -0.25) is 4.79 Å². The number of likely N-dealkylation sites (N-methyl/N-ethyl adjacent to an activating group) is 1. The summed E-state index contributed by atoms with van der Waals surface area (Å²) in [5, 5.41) is 0. The number of hydrogen-bond donors (Lipinski definition) is 1. The van der Waals surface area contributed by atoms with Crippen LogP contribution in [-0.2, 0) is 14.3 Å². The minimum Gasteiger partial charge on any atom is -0.380 e. The second-order valence-electron chi connectivity index (χ2n) is 4.17. The Morgan fingerprint density at radius 2 is 2.17 bits per heavy atom. The van der Waals surface area contributed by atoms with Crippen LogP contribution in [0.2, 0.25) is 0 Å². The largest absolute Gasteiger partial charge is 0.380 e. The Hall–Kier alpha value is -0.360. The van der Waals surface area contributed by atoms with Gasteiger partial charge in [0.15, 0.2) is 0 Å². The van der Waals surface area contributed by atoms with Crippen molar-refractivity contribution in [2.45, 2.75) is 38.9 Å². The zero-order chi connectivity index (χ0) is 12.7. The zero-order valence-electron chi connectivity index (χ0n) is 11.3. The maximum absolute atomic E-state index is 12.1. The van der Waals surface area contributed by atoms with E-state index in [4.69, 9.17) is 15.2 Å². The second kappa shape index (κ2) is 9.55. The van der Waals surface area contributed by atoms with Crippen molar-refractivity contribution in [3.63, 3.8) is 0 Å². The molecule has 0 radical (unpaired) electrons. The molecular formula is C12H25ClN2O3. The number of nitrogens with two attached hydrogens (primary N) is 1. The van der Waals surface area contributed by atoms with Gasteiger partial charge in [0.1, 0.15) is 6.10 Å². The SMILES string of the molecule is CCOCCN(CC)C(=O)[C@@H]1CC[C@H](CN)O1.Cl. The quantitative estimate of drug-likeness (QED) is 0.701. The summed E-state index contributed by atoms with van der Waals surface area (Å²) in [6.07, 6.45) is 1.42. The van der Waals surface area contributed by atoms with Gasteiger partial charge in [-0.2, -0.15) is 0 Å². The Bertz CT molecular complexity index is 241. The van der Waals surface area contributed by atoms with Crippen molar-refractivity contribution in [3.05, 3.63) is 0 Å². The molecule has 1 heterocycles. The Labute approximate surface area is 115 Å². The van der Waals surface area contributed by atoms with Crippen LogP contribution in [0.3, 0.4) is 0 Å². The van der Waals surface area contributed by atoms with Gasteiger partial charge in [0.2, 0.25) is 0 Å². The first-order valence-corrected chi connectivity index (χ1v) is 6.44. The Morgan fingerprint density at radius 3 is 2.67 bits per heavy atom. The van der Waals surface area contributed by atoms with Gasteiger partial charge in [0.25, 0.3) is 5.91 Å². The third-order valence-electron chi connectivity index (χ3n) is 3.05. The summed E-state index contributed by atoms with van der Waals surface area (Å²) >= 11 is 0. The molecule has 0 unspecified atom stereocenters. The summed E-state index contributed by atoms with van der Waals surface area (Å²) < 4.78 is 10.9. The van der Waals surface area contributed by atoms with E-state index in [-0.39, 0.29) is 30.5 Å². The normalized spacial score (nSPS) is 22.6. The van der Waals surface area contributed by atoms with Crippen LogP contribution >= 0.6 is 12.4 Å². The lowest BCUT2D eigenvalue weighted by atomic mass is 10.2. The number of carbonyl (C=O) groups is 1. The number of rotatable bonds is 7. The van der Waals surface area contributed by atoms with Crippen LogP contribution < -0.4 is 5.73 Å². The summed E-state index contributed by atoms with van der Waals surface area (Å²) in [5.74, 6) is 0.0724. The van der Waals surface area contributed by atoms with Crippen molar-refractivity contribution in [1.82, 2.24) is 4.90 Å². The van der Waals surface area contributed by atoms with E-state index in [0.29, 0.717) is 32.8 Å². The lowest BCUT2D eigenvalue weighted by Crippen LogP contribution is -2.41. The number of nitrogens with zero attached hydrogens (tertiary/aromatic N) is 1. The lowest BCUT2D eigenvalue weighted by molar-refractivity contribution is -0.143. The highest BCUT2D eigenvalue weighted by Gasteiger charge is 2.32. The van der Waals surface area contributed by atoms with Crippen molar-refractivity contribution >= 4 is 18.3 Å². The summed E-state index contributed by atoms with van der Waals surface area (Å²) in [6, 6.07) is 0. The molecule has 1 rings (SSSR count). The number of carbonyl (C=O) groups excluding carboxylic acids is 1. The monoisotopic (exact) mass is 280 g/mol. The van der Waals surface area contributed by atoms with Gasteiger partial charge in [0, 0.05) is 26.2 Å². The van der Waals surface area contributed by atoms with E-state index in [2.05, 4.69) is 0 Å². The molecule has 0 aliphatic carbocycles. The molecule has 5 nitrogen and oxygen atoms in total. The fourth-order valence-corrected chi connectivity index (χ4v) is 2.01. The Balaban J connectivity index is 0.00000289. The first kappa shape index (κ1) is 17.6. The molecule has 0 aromatic rings. The van der Waals surface area contributed by atoms with Gasteiger partial charge < -0.3 is 20.1 Å². The summed E-state index contributed by atoms with van der Waals surface area (Å²) in [5.41, 5.74) is 5.53. The molecule has 1 fully saturated rings. The molecule has 2 atom stereocenters. The highest BCUT2D eigenvalue weighted by atomic mass is 35.5. The lowest BCUT2D eigenvalue weighted by Gasteiger charge is -2.24. The van der Waals surface area contributed by atoms with Crippen LogP contribution in [0.4, 0.5) is 0 Å². The molecule has 1 aliphatic heterocycles. The maximum atomic E-state index is 12.1. The molecule has 6 heteroatoms. The van der Waals surface area contributed by atoms with E-state index in [9.17, 15) is 4.79 Å². The number of hydrogen-bond acceptors (Lipinski definition) is 4. The molecule has 0 aromatic carbocycles. The van der Waals surface area contributed by atoms with E-state index >= 15 is 0 Å². The number of ether oxygens (including phenoxy) is 2. The molecule has 0 aromatic heterocycles. The van der Waals surface area contributed by atoms with Gasteiger partial charge in [-0.15, -0.1) is 12.4 Å². The van der Waals surface area contributed by atoms with E-state index in [1.54, 1.807) is 4.90 Å². The molecule has 0 spiro atoms. The van der Waals surface area contributed by atoms with E-state index in [0.717, 1.165) is 12.8 Å². The summed E-state index contributed by atoms with van der Waals surface area (Å²) in [4.78, 5) is 13.9. The van der Waals surface area contributed by atoms with Gasteiger partial charge in [0.05, 0.1) is 12.7 Å². The zero-order valence-corrected chi connectivity index (χ0v) is 12.1. The Kier molecular flexibility index (Phi) is 9.36. The van der Waals surface area contributed by atoms with Crippen LogP contribution in [0.1, 0.15) is 26.7 Å². The topological polar surface area (TPSA) is 64.8 Å². The van der Waals surface area contributed by atoms with Crippen LogP contribution in [-0.4, -0.2) is 55.9 Å². The van der Waals surface area contributed by atoms with Crippen molar-refractivity contribution in [1.29, 1.82) is 0 Å². The molecule has 1 aliphatic rings. The standard InChI is InChI=1S/C12H24N2O3.ClH/c1-3-14(7-8-16-4-2)12(15)11-6-5-10(9-13)17-11;/h10-11H,3-9,13H2,1-2H3;1H/t10-,11+;/m1./s1. The van der Waals surface area contributed by atoms with Crippen LogP contribution in [0.25, 0.3) is 0 Å². The molecule has 108 valence electrons. The fraction of sp³-hybridized carbons (Fsp3) is 0.917. The average Bonchev–Trinajstić information content (AvgIpc) is 2.82. The summed E-state index contributed by atoms with van der Waals surface area (Å²) in [6.45, 7) is 7.01. The third kappa shape index (κ3) is 5.10. The predicted molar refractivity (Wildman–Crippen MR) is 72.9 cm³/mol. The average molecular weight is 281 g/mol. The molecule has 0 saturated carbocycles. The van der Waals surface area contributed by atoms with Crippen LogP contribution in [0.5, 0.6) is 0 Å². The predicted octanol–water partition coefficient (Wildman–Crippen LogP) is 0.800. The van der Waals surface area contributed by atoms with E-state index in [1.165, 1.54) is 0 Å². The summed E-state index contributed by atoms with van der Waals surface area (Å²) in [7, 11) is 0. The molecule has 1 saturated heterocycles. The highest BCUT2D eigenvalue weighted by Crippen LogP contribution is 2.20. The van der Waals surface area contributed by atoms with E-state index in [1.807, 2.05) is 13.8 Å². The first-order valence-electron chi connectivity index (χ1n) is 6.44. The minimum atomic E-state index is -0.301. The fourth-order valence-electron chi connectivity index (χ4n) is 2.01. The van der Waals surface area contributed by atoms with Crippen molar-refractivity contribution < 1.29 is 14.3 Å². The number of amides is 1. The van der Waals surface area contributed by atoms with Gasteiger partial charge in [-0.1, -0.05) is 0 Å².